The second-order valence-corrected chi connectivity index (χ2v) is 9.47. The minimum Gasteiger partial charge on any atom is -0.503 e. The number of hydrogen-bond acceptors (Lipinski definition) is 7. The van der Waals surface area contributed by atoms with Gasteiger partial charge in [0.2, 0.25) is 5.78 Å². The Kier molecular flexibility index (Phi) is 5.42. The van der Waals surface area contributed by atoms with E-state index in [2.05, 4.69) is 4.98 Å². The number of thiazole rings is 1. The number of ketones is 1. The number of aromatic nitrogens is 1. The van der Waals surface area contributed by atoms with Gasteiger partial charge in [-0.1, -0.05) is 35.9 Å². The van der Waals surface area contributed by atoms with Gasteiger partial charge in [0.1, 0.15) is 0 Å². The van der Waals surface area contributed by atoms with Crippen LogP contribution in [0, 0.1) is 13.8 Å². The zero-order valence-corrected chi connectivity index (χ0v) is 20.0. The molecule has 1 unspecified atom stereocenters. The van der Waals surface area contributed by atoms with Crippen molar-refractivity contribution in [2.45, 2.75) is 19.9 Å². The summed E-state index contributed by atoms with van der Waals surface area (Å²) in [6.45, 7) is 3.73. The Balaban J connectivity index is 1.67. The minimum absolute atomic E-state index is 0.0192. The van der Waals surface area contributed by atoms with Crippen molar-refractivity contribution in [2.24, 2.45) is 0 Å². The average molecular weight is 495 g/mol. The number of anilines is 1. The zero-order chi connectivity index (χ0) is 24.1. The van der Waals surface area contributed by atoms with E-state index in [1.54, 1.807) is 48.5 Å². The van der Waals surface area contributed by atoms with Gasteiger partial charge >= 0.3 is 0 Å². The largest absolute Gasteiger partial charge is 0.503 e. The molecule has 0 spiro atoms. The van der Waals surface area contributed by atoms with Crippen LogP contribution in [0.1, 0.15) is 32.7 Å². The number of halogens is 1. The first kappa shape index (κ1) is 22.2. The number of furan rings is 1. The summed E-state index contributed by atoms with van der Waals surface area (Å²) in [4.78, 5) is 33.7. The number of fused-ring (bicyclic) bond motifs is 1. The van der Waals surface area contributed by atoms with Gasteiger partial charge < -0.3 is 14.3 Å². The van der Waals surface area contributed by atoms with Crippen molar-refractivity contribution in [3.05, 3.63) is 86.8 Å². The highest BCUT2D eigenvalue weighted by molar-refractivity contribution is 7.15. The lowest BCUT2D eigenvalue weighted by Crippen LogP contribution is -2.31. The summed E-state index contributed by atoms with van der Waals surface area (Å²) < 4.78 is 11.2. The van der Waals surface area contributed by atoms with Gasteiger partial charge in [-0.3, -0.25) is 14.5 Å². The van der Waals surface area contributed by atoms with E-state index in [1.807, 2.05) is 13.8 Å². The number of methoxy groups -OCH3 is 1. The summed E-state index contributed by atoms with van der Waals surface area (Å²) in [6.07, 6.45) is 0. The third-order valence-corrected chi connectivity index (χ3v) is 7.10. The molecule has 1 N–H and O–H groups in total. The van der Waals surface area contributed by atoms with Crippen LogP contribution in [0.25, 0.3) is 11.0 Å². The summed E-state index contributed by atoms with van der Waals surface area (Å²) in [5, 5.41) is 12.4. The molecule has 7 nitrogen and oxygen atoms in total. The highest BCUT2D eigenvalue weighted by Gasteiger charge is 2.46. The molecule has 0 bridgehead atoms. The Hall–Kier alpha value is -3.62. The fourth-order valence-corrected chi connectivity index (χ4v) is 5.16. The summed E-state index contributed by atoms with van der Waals surface area (Å²) in [7, 11) is 1.51. The van der Waals surface area contributed by atoms with Crippen molar-refractivity contribution < 1.29 is 23.8 Å². The molecule has 2 aromatic heterocycles. The highest BCUT2D eigenvalue weighted by atomic mass is 35.5. The smallest absolute Gasteiger partial charge is 0.296 e. The number of aliphatic hydroxyl groups excluding tert-OH is 1. The zero-order valence-electron chi connectivity index (χ0n) is 18.5. The first-order chi connectivity index (χ1) is 16.3. The van der Waals surface area contributed by atoms with E-state index in [0.29, 0.717) is 32.4 Å². The lowest BCUT2D eigenvalue weighted by Gasteiger charge is -2.24. The van der Waals surface area contributed by atoms with E-state index in [-0.39, 0.29) is 11.3 Å². The van der Waals surface area contributed by atoms with E-state index in [4.69, 9.17) is 20.8 Å². The van der Waals surface area contributed by atoms with Crippen LogP contribution in [0.3, 0.4) is 0 Å². The standard InChI is InChI=1S/C25H19ClN2O5S/c1-12-13(2)34-25(27-12)28-20(14-6-4-8-16(26)10-14)19(22(30)24(28)31)21(29)18-11-15-7-5-9-17(32-3)23(15)33-18/h4-11,20,30H,1-3H3. The Morgan fingerprint density at radius 1 is 1.21 bits per heavy atom. The molecule has 0 radical (unpaired) electrons. The molecule has 3 heterocycles. The van der Waals surface area contributed by atoms with Gasteiger partial charge in [-0.2, -0.15) is 0 Å². The summed E-state index contributed by atoms with van der Waals surface area (Å²) >= 11 is 7.55. The molecule has 2 aromatic carbocycles. The van der Waals surface area contributed by atoms with Gasteiger partial charge in [0, 0.05) is 15.3 Å². The number of ether oxygens (including phenoxy) is 1. The Morgan fingerprint density at radius 2 is 1.97 bits per heavy atom. The number of para-hydroxylation sites is 1. The van der Waals surface area contributed by atoms with Crippen LogP contribution in [0.4, 0.5) is 5.13 Å². The summed E-state index contributed by atoms with van der Waals surface area (Å²) in [5.74, 6) is -1.52. The number of aliphatic hydroxyl groups is 1. The second-order valence-electron chi connectivity index (χ2n) is 7.85. The van der Waals surface area contributed by atoms with E-state index < -0.39 is 23.5 Å². The molecule has 4 aromatic rings. The first-order valence-corrected chi connectivity index (χ1v) is 11.6. The van der Waals surface area contributed by atoms with Gasteiger partial charge in [-0.05, 0) is 43.7 Å². The van der Waals surface area contributed by atoms with Crippen LogP contribution in [-0.2, 0) is 4.79 Å². The quantitative estimate of drug-likeness (QED) is 0.344. The summed E-state index contributed by atoms with van der Waals surface area (Å²) in [5.41, 5.74) is 1.63. The van der Waals surface area contributed by atoms with Crippen molar-refractivity contribution in [3.63, 3.8) is 0 Å². The van der Waals surface area contributed by atoms with Crippen molar-refractivity contribution in [1.82, 2.24) is 4.98 Å². The third-order valence-electron chi connectivity index (χ3n) is 5.79. The molecular formula is C25H19ClN2O5S. The molecule has 1 atom stereocenters. The fraction of sp³-hybridized carbons (Fsp3) is 0.160. The molecule has 34 heavy (non-hydrogen) atoms. The number of nitrogens with zero attached hydrogens (tertiary/aromatic N) is 2. The van der Waals surface area contributed by atoms with Crippen LogP contribution >= 0.6 is 22.9 Å². The van der Waals surface area contributed by atoms with Crippen molar-refractivity contribution in [3.8, 4) is 5.75 Å². The lowest BCUT2D eigenvalue weighted by molar-refractivity contribution is -0.117. The number of aryl methyl sites for hydroxylation is 2. The van der Waals surface area contributed by atoms with Gasteiger partial charge in [-0.15, -0.1) is 11.3 Å². The number of rotatable bonds is 5. The maximum absolute atomic E-state index is 13.7. The van der Waals surface area contributed by atoms with Gasteiger partial charge in [0.15, 0.2) is 28.0 Å². The third kappa shape index (κ3) is 3.46. The lowest BCUT2D eigenvalue weighted by atomic mass is 9.95. The van der Waals surface area contributed by atoms with E-state index >= 15 is 0 Å². The van der Waals surface area contributed by atoms with Crippen LogP contribution in [0.15, 0.2) is 64.3 Å². The Bertz CT molecular complexity index is 1480. The second kappa shape index (κ2) is 8.30. The van der Waals surface area contributed by atoms with Gasteiger partial charge in [-0.25, -0.2) is 4.98 Å². The summed E-state index contributed by atoms with van der Waals surface area (Å²) in [6, 6.07) is 12.8. The first-order valence-electron chi connectivity index (χ1n) is 10.4. The molecule has 5 rings (SSSR count). The van der Waals surface area contributed by atoms with Crippen molar-refractivity contribution in [1.29, 1.82) is 0 Å². The number of hydrogen-bond donors (Lipinski definition) is 1. The SMILES string of the molecule is COc1cccc2cc(C(=O)C3=C(O)C(=O)N(c4nc(C)c(C)s4)C3c3cccc(Cl)c3)oc12. The van der Waals surface area contributed by atoms with Crippen molar-refractivity contribution >= 4 is 50.7 Å². The van der Waals surface area contributed by atoms with Crippen LogP contribution in [0.5, 0.6) is 5.75 Å². The maximum atomic E-state index is 13.7. The van der Waals surface area contributed by atoms with Crippen LogP contribution in [-0.4, -0.2) is 28.9 Å². The van der Waals surface area contributed by atoms with Crippen LogP contribution in [0.2, 0.25) is 5.02 Å². The fourth-order valence-electron chi connectivity index (χ4n) is 4.03. The maximum Gasteiger partial charge on any atom is 0.296 e. The number of carbonyl (C=O) groups is 2. The van der Waals surface area contributed by atoms with E-state index in [1.165, 1.54) is 23.3 Å². The van der Waals surface area contributed by atoms with E-state index in [0.717, 1.165) is 10.6 Å². The Labute approximate surface area is 203 Å². The molecule has 0 saturated heterocycles. The highest BCUT2D eigenvalue weighted by Crippen LogP contribution is 2.44. The predicted molar refractivity (Wildman–Crippen MR) is 130 cm³/mol. The van der Waals surface area contributed by atoms with Gasteiger partial charge in [0.25, 0.3) is 5.91 Å². The predicted octanol–water partition coefficient (Wildman–Crippen LogP) is 5.95. The average Bonchev–Trinajstić information content (AvgIpc) is 3.47. The van der Waals surface area contributed by atoms with Crippen LogP contribution < -0.4 is 9.64 Å². The normalized spacial score (nSPS) is 16.1. The van der Waals surface area contributed by atoms with Crippen molar-refractivity contribution in [2.75, 3.05) is 12.0 Å². The van der Waals surface area contributed by atoms with E-state index in [9.17, 15) is 14.7 Å². The molecular weight excluding hydrogens is 476 g/mol. The topological polar surface area (TPSA) is 92.9 Å². The number of carbonyl (C=O) groups excluding carboxylic acids is 2. The number of Topliss-reactive ketones (excluding diaryl/α,β-unsaturated/α-hetero) is 1. The Morgan fingerprint density at radius 3 is 2.65 bits per heavy atom. The molecule has 1 aliphatic rings. The molecule has 0 fully saturated rings. The molecule has 9 heteroatoms. The molecule has 0 aliphatic carbocycles. The molecule has 172 valence electrons. The monoisotopic (exact) mass is 494 g/mol. The van der Waals surface area contributed by atoms with Gasteiger partial charge in [0.05, 0.1) is 24.4 Å². The molecule has 1 amide bonds. The molecule has 1 aliphatic heterocycles. The number of benzene rings is 2. The number of amides is 1. The minimum atomic E-state index is -0.932. The molecule has 0 saturated carbocycles.